The zero-order chi connectivity index (χ0) is 21.4. The van der Waals surface area contributed by atoms with Crippen LogP contribution in [0.4, 0.5) is 5.69 Å². The van der Waals surface area contributed by atoms with Crippen LogP contribution in [0.1, 0.15) is 68.7 Å². The summed E-state index contributed by atoms with van der Waals surface area (Å²) in [6.07, 6.45) is 9.28. The Morgan fingerprint density at radius 3 is 2.61 bits per heavy atom. The Morgan fingerprint density at radius 2 is 1.84 bits per heavy atom. The molecular formula is C28H33N2S+. The zero-order valence-corrected chi connectivity index (χ0v) is 19.8. The summed E-state index contributed by atoms with van der Waals surface area (Å²) in [4.78, 5) is 3.90. The second-order valence-corrected chi connectivity index (χ2v) is 10.0. The molecule has 0 spiro atoms. The topological polar surface area (TPSA) is 7.12 Å². The van der Waals surface area contributed by atoms with Gasteiger partial charge in [-0.05, 0) is 69.4 Å². The molecule has 2 heterocycles. The summed E-state index contributed by atoms with van der Waals surface area (Å²) in [5, 5.41) is 2.66. The molecule has 160 valence electrons. The minimum atomic E-state index is 0.752. The highest BCUT2D eigenvalue weighted by atomic mass is 32.2. The standard InChI is InChI=1S/C28H33N2S/c1-4-29-24(14-12-23-17-20(3)11-15-25(23)29)19-28-30(5-2)26-18-22(13-16-27(26)31-28)21-9-7-6-8-10-21/h11-19,21H,4-10H2,1-3H3/q+1. The number of fused-ring (bicyclic) bond motifs is 2. The molecule has 2 aromatic carbocycles. The molecule has 0 bridgehead atoms. The normalized spacial score (nSPS) is 18.2. The maximum absolute atomic E-state index is 2.51. The maximum Gasteiger partial charge on any atom is 0.212 e. The summed E-state index contributed by atoms with van der Waals surface area (Å²) in [5.41, 5.74) is 6.85. The Balaban J connectivity index is 1.52. The Labute approximate surface area is 191 Å². The molecule has 1 aromatic heterocycles. The van der Waals surface area contributed by atoms with Gasteiger partial charge in [0.15, 0.2) is 0 Å². The average molecular weight is 430 g/mol. The summed E-state index contributed by atoms with van der Waals surface area (Å²) >= 11 is 1.92. The summed E-state index contributed by atoms with van der Waals surface area (Å²) in [6, 6.07) is 18.6. The largest absolute Gasteiger partial charge is 0.335 e. The van der Waals surface area contributed by atoms with E-state index in [2.05, 4.69) is 84.8 Å². The molecule has 2 aliphatic rings. The lowest BCUT2D eigenvalue weighted by Crippen LogP contribution is -2.37. The lowest BCUT2D eigenvalue weighted by Gasteiger charge is -2.24. The van der Waals surface area contributed by atoms with Gasteiger partial charge < -0.3 is 4.90 Å². The molecule has 0 atom stereocenters. The van der Waals surface area contributed by atoms with Crippen molar-refractivity contribution >= 4 is 34.4 Å². The number of nitrogens with zero attached hydrogens (tertiary/aromatic N) is 2. The molecule has 1 saturated carbocycles. The third-order valence-electron chi connectivity index (χ3n) is 6.95. The van der Waals surface area contributed by atoms with Crippen molar-refractivity contribution in [2.75, 3.05) is 11.4 Å². The Kier molecular flexibility index (Phi) is 5.79. The van der Waals surface area contributed by atoms with Gasteiger partial charge in [0, 0.05) is 35.0 Å². The lowest BCUT2D eigenvalue weighted by molar-refractivity contribution is -0.669. The number of thioether (sulfide) groups is 1. The van der Waals surface area contributed by atoms with Gasteiger partial charge in [-0.15, -0.1) is 0 Å². The van der Waals surface area contributed by atoms with Gasteiger partial charge in [-0.1, -0.05) is 48.7 Å². The van der Waals surface area contributed by atoms with Crippen LogP contribution < -0.4 is 9.47 Å². The molecule has 0 radical (unpaired) electrons. The Hall–Kier alpha value is -2.26. The first-order valence-corrected chi connectivity index (χ1v) is 12.7. The molecule has 3 aromatic rings. The van der Waals surface area contributed by atoms with Crippen molar-refractivity contribution in [1.82, 2.24) is 0 Å². The van der Waals surface area contributed by atoms with Crippen LogP contribution in [-0.4, -0.2) is 6.54 Å². The lowest BCUT2D eigenvalue weighted by atomic mass is 9.84. The van der Waals surface area contributed by atoms with Crippen LogP contribution in [0.25, 0.3) is 17.0 Å². The highest BCUT2D eigenvalue weighted by molar-refractivity contribution is 8.03. The second kappa shape index (κ2) is 8.70. The maximum atomic E-state index is 2.51. The minimum absolute atomic E-state index is 0.752. The third-order valence-corrected chi connectivity index (χ3v) is 8.07. The molecule has 1 aliphatic carbocycles. The van der Waals surface area contributed by atoms with Crippen molar-refractivity contribution in [3.05, 3.63) is 70.4 Å². The molecule has 0 amide bonds. The van der Waals surface area contributed by atoms with Gasteiger partial charge in [0.2, 0.25) is 11.2 Å². The molecule has 3 heteroatoms. The zero-order valence-electron chi connectivity index (χ0n) is 19.0. The molecular weight excluding hydrogens is 396 g/mol. The number of benzene rings is 2. The van der Waals surface area contributed by atoms with Crippen LogP contribution >= 0.6 is 11.8 Å². The van der Waals surface area contributed by atoms with Crippen LogP contribution in [-0.2, 0) is 6.54 Å². The van der Waals surface area contributed by atoms with Gasteiger partial charge in [0.25, 0.3) is 0 Å². The van der Waals surface area contributed by atoms with Gasteiger partial charge in [-0.3, -0.25) is 0 Å². The molecule has 2 nitrogen and oxygen atoms in total. The Bertz CT molecular complexity index is 1140. The van der Waals surface area contributed by atoms with Crippen molar-refractivity contribution in [2.24, 2.45) is 0 Å². The molecule has 0 saturated heterocycles. The van der Waals surface area contributed by atoms with Crippen LogP contribution in [0.3, 0.4) is 0 Å². The van der Waals surface area contributed by atoms with Gasteiger partial charge in [-0.25, -0.2) is 0 Å². The van der Waals surface area contributed by atoms with E-state index >= 15 is 0 Å². The van der Waals surface area contributed by atoms with E-state index in [0.717, 1.165) is 19.0 Å². The first-order chi connectivity index (χ1) is 15.2. The van der Waals surface area contributed by atoms with Crippen molar-refractivity contribution < 1.29 is 4.57 Å². The van der Waals surface area contributed by atoms with Gasteiger partial charge >= 0.3 is 0 Å². The van der Waals surface area contributed by atoms with E-state index in [9.17, 15) is 0 Å². The van der Waals surface area contributed by atoms with E-state index in [1.807, 2.05) is 11.8 Å². The van der Waals surface area contributed by atoms with Crippen LogP contribution in [0.15, 0.2) is 58.5 Å². The van der Waals surface area contributed by atoms with E-state index < -0.39 is 0 Å². The van der Waals surface area contributed by atoms with Crippen molar-refractivity contribution in [1.29, 1.82) is 0 Å². The SMILES string of the molecule is CCN1/C(=C/c2ccc3cc(C)ccc3[n+]2CC)Sc2ccc(C3CCCCC3)cc21. The number of rotatable bonds is 4. The number of aryl methyl sites for hydroxylation is 2. The fourth-order valence-corrected chi connectivity index (χ4v) is 6.46. The van der Waals surface area contributed by atoms with Gasteiger partial charge in [0.05, 0.1) is 10.7 Å². The third kappa shape index (κ3) is 3.89. The minimum Gasteiger partial charge on any atom is -0.335 e. The Morgan fingerprint density at radius 1 is 1.00 bits per heavy atom. The highest BCUT2D eigenvalue weighted by Gasteiger charge is 2.27. The number of pyridine rings is 1. The molecule has 0 N–H and O–H groups in total. The summed E-state index contributed by atoms with van der Waals surface area (Å²) in [7, 11) is 0. The smallest absolute Gasteiger partial charge is 0.212 e. The average Bonchev–Trinajstić information content (AvgIpc) is 3.15. The van der Waals surface area contributed by atoms with Crippen LogP contribution in [0, 0.1) is 6.92 Å². The second-order valence-electron chi connectivity index (χ2n) is 8.96. The van der Waals surface area contributed by atoms with Gasteiger partial charge in [-0.2, -0.15) is 4.57 Å². The quantitative estimate of drug-likeness (QED) is 0.398. The monoisotopic (exact) mass is 429 g/mol. The summed E-state index contributed by atoms with van der Waals surface area (Å²) in [6.45, 7) is 8.65. The predicted molar refractivity (Wildman–Crippen MR) is 134 cm³/mol. The van der Waals surface area contributed by atoms with Crippen LogP contribution in [0.2, 0.25) is 0 Å². The fourth-order valence-electron chi connectivity index (χ4n) is 5.30. The molecule has 5 rings (SSSR count). The van der Waals surface area contributed by atoms with Crippen molar-refractivity contribution in [3.8, 4) is 0 Å². The number of hydrogen-bond donors (Lipinski definition) is 0. The molecule has 1 aliphatic heterocycles. The highest BCUT2D eigenvalue weighted by Crippen LogP contribution is 2.48. The first kappa shape index (κ1) is 20.6. The number of aromatic nitrogens is 1. The molecule has 31 heavy (non-hydrogen) atoms. The van der Waals surface area contributed by atoms with Crippen molar-refractivity contribution in [3.63, 3.8) is 0 Å². The first-order valence-electron chi connectivity index (χ1n) is 11.9. The van der Waals surface area contributed by atoms with Crippen LogP contribution in [0.5, 0.6) is 0 Å². The predicted octanol–water partition coefficient (Wildman–Crippen LogP) is 7.43. The fraction of sp³-hybridized carbons (Fsp3) is 0.393. The van der Waals surface area contributed by atoms with E-state index in [0.29, 0.717) is 0 Å². The number of anilines is 1. The summed E-state index contributed by atoms with van der Waals surface area (Å²) in [5.74, 6) is 0.752. The summed E-state index contributed by atoms with van der Waals surface area (Å²) < 4.78 is 2.44. The molecule has 1 fully saturated rings. The van der Waals surface area contributed by atoms with E-state index in [4.69, 9.17) is 0 Å². The van der Waals surface area contributed by atoms with E-state index in [1.165, 1.54) is 69.9 Å². The number of hydrogen-bond acceptors (Lipinski definition) is 2. The van der Waals surface area contributed by atoms with E-state index in [1.54, 1.807) is 5.56 Å². The molecule has 0 unspecified atom stereocenters. The van der Waals surface area contributed by atoms with E-state index in [-0.39, 0.29) is 0 Å². The van der Waals surface area contributed by atoms with Gasteiger partial charge in [0.1, 0.15) is 6.54 Å². The van der Waals surface area contributed by atoms with Crippen molar-refractivity contribution in [2.45, 2.75) is 70.2 Å².